The third-order valence-corrected chi connectivity index (χ3v) is 2.54. The normalized spacial score (nSPS) is 10.4. The Kier molecular flexibility index (Phi) is 4.71. The zero-order valence-corrected chi connectivity index (χ0v) is 11.9. The van der Waals surface area contributed by atoms with E-state index in [0.29, 0.717) is 11.6 Å². The van der Waals surface area contributed by atoms with Crippen molar-refractivity contribution >= 4 is 11.8 Å². The van der Waals surface area contributed by atoms with Gasteiger partial charge in [0.1, 0.15) is 18.1 Å². The van der Waals surface area contributed by atoms with Gasteiger partial charge in [0.2, 0.25) is 0 Å². The number of aliphatic carboxylic acids is 1. The fourth-order valence-electron chi connectivity index (χ4n) is 1.74. The first-order chi connectivity index (χ1) is 10.0. The summed E-state index contributed by atoms with van der Waals surface area (Å²) in [4.78, 5) is 19.0. The van der Waals surface area contributed by atoms with Crippen molar-refractivity contribution in [1.82, 2.24) is 9.97 Å². The van der Waals surface area contributed by atoms with Crippen molar-refractivity contribution in [2.24, 2.45) is 0 Å². The number of carbonyl (C=O) groups is 1. The first-order valence-electron chi connectivity index (χ1n) is 6.60. The molecule has 0 radical (unpaired) electrons. The maximum absolute atomic E-state index is 10.6. The van der Waals surface area contributed by atoms with Crippen LogP contribution in [-0.2, 0) is 4.79 Å². The van der Waals surface area contributed by atoms with Gasteiger partial charge in [-0.1, -0.05) is 12.1 Å². The van der Waals surface area contributed by atoms with E-state index < -0.39 is 5.97 Å². The molecule has 0 saturated carbocycles. The van der Waals surface area contributed by atoms with Gasteiger partial charge in [-0.05, 0) is 32.0 Å². The van der Waals surface area contributed by atoms with E-state index in [1.54, 1.807) is 12.3 Å². The van der Waals surface area contributed by atoms with Crippen LogP contribution < -0.4 is 10.1 Å². The van der Waals surface area contributed by atoms with E-state index in [0.717, 1.165) is 11.3 Å². The molecule has 0 amide bonds. The second-order valence-electron chi connectivity index (χ2n) is 4.71. The van der Waals surface area contributed by atoms with Gasteiger partial charge >= 0.3 is 5.97 Å². The number of anilines is 1. The molecule has 1 aromatic heterocycles. The lowest BCUT2D eigenvalue weighted by Crippen LogP contribution is -2.13. The summed E-state index contributed by atoms with van der Waals surface area (Å²) in [5.41, 5.74) is 0.812. The Balaban J connectivity index is 2.21. The number of carboxylic acids is 1. The van der Waals surface area contributed by atoms with Crippen molar-refractivity contribution < 1.29 is 14.6 Å². The molecule has 0 fully saturated rings. The van der Waals surface area contributed by atoms with Crippen molar-refractivity contribution in [2.75, 3.05) is 11.9 Å². The zero-order chi connectivity index (χ0) is 15.2. The number of benzene rings is 1. The predicted molar refractivity (Wildman–Crippen MR) is 79.4 cm³/mol. The monoisotopic (exact) mass is 287 g/mol. The minimum atomic E-state index is -0.942. The zero-order valence-electron chi connectivity index (χ0n) is 11.9. The Hall–Kier alpha value is -2.63. The maximum Gasteiger partial charge on any atom is 0.322 e. The van der Waals surface area contributed by atoms with Gasteiger partial charge in [0.25, 0.3) is 0 Å². The molecule has 0 aliphatic heterocycles. The SMILES string of the molecule is CC(C)Oc1cccc(-c2nccc(NCC(=O)O)n2)c1. The molecule has 110 valence electrons. The average molecular weight is 287 g/mol. The van der Waals surface area contributed by atoms with Crippen LogP contribution in [0.3, 0.4) is 0 Å². The summed E-state index contributed by atoms with van der Waals surface area (Å²) in [6, 6.07) is 9.10. The molecule has 0 atom stereocenters. The fourth-order valence-corrected chi connectivity index (χ4v) is 1.74. The number of carboxylic acid groups (broad SMARTS) is 1. The summed E-state index contributed by atoms with van der Waals surface area (Å²) in [7, 11) is 0. The van der Waals surface area contributed by atoms with Gasteiger partial charge in [-0.15, -0.1) is 0 Å². The molecule has 2 aromatic rings. The van der Waals surface area contributed by atoms with Gasteiger partial charge in [0.15, 0.2) is 5.82 Å². The summed E-state index contributed by atoms with van der Waals surface area (Å²) in [5.74, 6) is 0.787. The van der Waals surface area contributed by atoms with Crippen molar-refractivity contribution in [3.05, 3.63) is 36.5 Å². The van der Waals surface area contributed by atoms with Gasteiger partial charge in [-0.3, -0.25) is 4.79 Å². The van der Waals surface area contributed by atoms with Crippen molar-refractivity contribution in [3.63, 3.8) is 0 Å². The smallest absolute Gasteiger partial charge is 0.322 e. The van der Waals surface area contributed by atoms with Crippen LogP contribution in [0.5, 0.6) is 5.75 Å². The quantitative estimate of drug-likeness (QED) is 0.849. The van der Waals surface area contributed by atoms with E-state index in [9.17, 15) is 4.79 Å². The van der Waals surface area contributed by atoms with E-state index in [-0.39, 0.29) is 12.6 Å². The first-order valence-corrected chi connectivity index (χ1v) is 6.60. The Bertz CT molecular complexity index is 629. The van der Waals surface area contributed by atoms with Crippen LogP contribution in [-0.4, -0.2) is 33.7 Å². The van der Waals surface area contributed by atoms with Gasteiger partial charge in [-0.2, -0.15) is 0 Å². The van der Waals surface area contributed by atoms with Gasteiger partial charge in [-0.25, -0.2) is 9.97 Å². The van der Waals surface area contributed by atoms with Crippen molar-refractivity contribution in [2.45, 2.75) is 20.0 Å². The summed E-state index contributed by atoms with van der Waals surface area (Å²) in [6.07, 6.45) is 1.67. The van der Waals surface area contributed by atoms with Crippen LogP contribution in [0.15, 0.2) is 36.5 Å². The van der Waals surface area contributed by atoms with E-state index in [1.165, 1.54) is 0 Å². The van der Waals surface area contributed by atoms with E-state index in [2.05, 4.69) is 15.3 Å². The van der Waals surface area contributed by atoms with Crippen LogP contribution in [0.4, 0.5) is 5.82 Å². The number of ether oxygens (including phenoxy) is 1. The number of rotatable bonds is 6. The highest BCUT2D eigenvalue weighted by molar-refractivity contribution is 5.72. The second-order valence-corrected chi connectivity index (χ2v) is 4.71. The lowest BCUT2D eigenvalue weighted by Gasteiger charge is -2.10. The molecule has 2 rings (SSSR count). The number of hydrogen-bond donors (Lipinski definition) is 2. The lowest BCUT2D eigenvalue weighted by atomic mass is 10.2. The Morgan fingerprint density at radius 1 is 1.38 bits per heavy atom. The largest absolute Gasteiger partial charge is 0.491 e. The van der Waals surface area contributed by atoms with Gasteiger partial charge < -0.3 is 15.2 Å². The standard InChI is InChI=1S/C15H17N3O3/c1-10(2)21-12-5-3-4-11(8-12)15-16-7-6-13(18-15)17-9-14(19)20/h3-8,10H,9H2,1-2H3,(H,19,20)(H,16,17,18). The minimum Gasteiger partial charge on any atom is -0.491 e. The fraction of sp³-hybridized carbons (Fsp3) is 0.267. The highest BCUT2D eigenvalue weighted by Gasteiger charge is 2.06. The topological polar surface area (TPSA) is 84.3 Å². The molecule has 1 aromatic carbocycles. The third-order valence-electron chi connectivity index (χ3n) is 2.54. The second kappa shape index (κ2) is 6.69. The molecule has 1 heterocycles. The molecule has 21 heavy (non-hydrogen) atoms. The average Bonchev–Trinajstić information content (AvgIpc) is 2.45. The minimum absolute atomic E-state index is 0.0877. The molecule has 2 N–H and O–H groups in total. The Morgan fingerprint density at radius 3 is 2.90 bits per heavy atom. The maximum atomic E-state index is 10.6. The first kappa shape index (κ1) is 14.8. The molecular weight excluding hydrogens is 270 g/mol. The molecule has 0 spiro atoms. The van der Waals surface area contributed by atoms with E-state index in [4.69, 9.17) is 9.84 Å². The number of nitrogens with one attached hydrogen (secondary N) is 1. The molecule has 0 bridgehead atoms. The summed E-state index contributed by atoms with van der Waals surface area (Å²) in [6.45, 7) is 3.73. The van der Waals surface area contributed by atoms with Crippen LogP contribution in [0.1, 0.15) is 13.8 Å². The number of hydrogen-bond acceptors (Lipinski definition) is 5. The van der Waals surface area contributed by atoms with Gasteiger partial charge in [0, 0.05) is 11.8 Å². The third kappa shape index (κ3) is 4.45. The van der Waals surface area contributed by atoms with E-state index >= 15 is 0 Å². The van der Waals surface area contributed by atoms with Gasteiger partial charge in [0.05, 0.1) is 6.10 Å². The highest BCUT2D eigenvalue weighted by atomic mass is 16.5. The summed E-state index contributed by atoms with van der Waals surface area (Å²) < 4.78 is 5.64. The Labute approximate surface area is 122 Å². The molecule has 0 unspecified atom stereocenters. The van der Waals surface area contributed by atoms with Crippen molar-refractivity contribution in [3.8, 4) is 17.1 Å². The number of aromatic nitrogens is 2. The highest BCUT2D eigenvalue weighted by Crippen LogP contribution is 2.22. The molecule has 0 aliphatic rings. The Morgan fingerprint density at radius 2 is 2.19 bits per heavy atom. The van der Waals surface area contributed by atoms with Crippen LogP contribution in [0, 0.1) is 0 Å². The molecular formula is C15H17N3O3. The molecule has 6 heteroatoms. The lowest BCUT2D eigenvalue weighted by molar-refractivity contribution is -0.134. The molecule has 0 aliphatic carbocycles. The van der Waals surface area contributed by atoms with Crippen molar-refractivity contribution in [1.29, 1.82) is 0 Å². The van der Waals surface area contributed by atoms with E-state index in [1.807, 2.05) is 38.1 Å². The van der Waals surface area contributed by atoms with Crippen LogP contribution in [0.25, 0.3) is 11.4 Å². The summed E-state index contributed by atoms with van der Waals surface area (Å²) in [5, 5.41) is 11.4. The molecule has 0 saturated heterocycles. The summed E-state index contributed by atoms with van der Waals surface area (Å²) >= 11 is 0. The number of nitrogens with zero attached hydrogens (tertiary/aromatic N) is 2. The van der Waals surface area contributed by atoms with Crippen LogP contribution >= 0.6 is 0 Å². The van der Waals surface area contributed by atoms with Crippen LogP contribution in [0.2, 0.25) is 0 Å². The predicted octanol–water partition coefficient (Wildman–Crippen LogP) is 2.43. The molecule has 6 nitrogen and oxygen atoms in total.